The minimum atomic E-state index is -0.281. The number of nitrogens with zero attached hydrogens (tertiary/aromatic N) is 2. The zero-order valence-electron chi connectivity index (χ0n) is 17.4. The molecule has 0 bridgehead atoms. The van der Waals surface area contributed by atoms with Crippen LogP contribution in [0.1, 0.15) is 36.1 Å². The van der Waals surface area contributed by atoms with Crippen LogP contribution in [-0.4, -0.2) is 54.3 Å². The van der Waals surface area contributed by atoms with Gasteiger partial charge in [0.05, 0.1) is 12.5 Å². The predicted octanol–water partition coefficient (Wildman–Crippen LogP) is 2.95. The fraction of sp³-hybridized carbons (Fsp3) is 0.417. The van der Waals surface area contributed by atoms with Gasteiger partial charge in [0.25, 0.3) is 0 Å². The van der Waals surface area contributed by atoms with E-state index in [1.165, 1.54) is 12.5 Å². The molecule has 29 heavy (non-hydrogen) atoms. The van der Waals surface area contributed by atoms with Crippen molar-refractivity contribution in [2.45, 2.75) is 32.7 Å². The number of rotatable bonds is 7. The quantitative estimate of drug-likeness (QED) is 0.787. The summed E-state index contributed by atoms with van der Waals surface area (Å²) in [7, 11) is 0. The standard InChI is InChI=1S/C24H31N3O2/c1-19-8-10-22(11-9-19)23(25-20(2)28)18-24(29)27-16-14-26(15-17-27)13-12-21-6-4-3-5-7-21/h3-11,23H,12-18H2,1-2H3,(H,25,28). The van der Waals surface area contributed by atoms with Crippen molar-refractivity contribution in [1.82, 2.24) is 15.1 Å². The maximum absolute atomic E-state index is 12.9. The Morgan fingerprint density at radius 1 is 0.966 bits per heavy atom. The van der Waals surface area contributed by atoms with Crippen LogP contribution in [0.25, 0.3) is 0 Å². The Morgan fingerprint density at radius 3 is 2.24 bits per heavy atom. The Kier molecular flexibility index (Phi) is 7.42. The van der Waals surface area contributed by atoms with E-state index in [4.69, 9.17) is 0 Å². The Labute approximate surface area is 173 Å². The summed E-state index contributed by atoms with van der Waals surface area (Å²) in [5.41, 5.74) is 3.48. The Bertz CT molecular complexity index is 797. The van der Waals surface area contributed by atoms with E-state index in [2.05, 4.69) is 34.5 Å². The number of piperazine rings is 1. The number of hydrogen-bond donors (Lipinski definition) is 1. The maximum Gasteiger partial charge on any atom is 0.225 e. The predicted molar refractivity (Wildman–Crippen MR) is 116 cm³/mol. The second kappa shape index (κ2) is 10.2. The summed E-state index contributed by atoms with van der Waals surface area (Å²) < 4.78 is 0. The topological polar surface area (TPSA) is 52.7 Å². The molecule has 0 saturated carbocycles. The first-order valence-electron chi connectivity index (χ1n) is 10.4. The van der Waals surface area contributed by atoms with Crippen LogP contribution in [0.15, 0.2) is 54.6 Å². The third-order valence-corrected chi connectivity index (χ3v) is 5.52. The monoisotopic (exact) mass is 393 g/mol. The molecule has 2 aromatic rings. The van der Waals surface area contributed by atoms with E-state index in [9.17, 15) is 9.59 Å². The number of hydrogen-bond acceptors (Lipinski definition) is 3. The molecule has 1 aliphatic heterocycles. The van der Waals surface area contributed by atoms with Gasteiger partial charge in [-0.3, -0.25) is 14.5 Å². The SMILES string of the molecule is CC(=O)NC(CC(=O)N1CCN(CCc2ccccc2)CC1)c1ccc(C)cc1. The van der Waals surface area contributed by atoms with Crippen LogP contribution in [-0.2, 0) is 16.0 Å². The molecule has 0 aromatic heterocycles. The highest BCUT2D eigenvalue weighted by molar-refractivity contribution is 5.79. The van der Waals surface area contributed by atoms with Gasteiger partial charge in [-0.2, -0.15) is 0 Å². The summed E-state index contributed by atoms with van der Waals surface area (Å²) in [4.78, 5) is 28.9. The molecule has 1 heterocycles. The molecule has 0 spiro atoms. The fourth-order valence-electron chi connectivity index (χ4n) is 3.75. The summed E-state index contributed by atoms with van der Waals surface area (Å²) in [6.07, 6.45) is 1.33. The van der Waals surface area contributed by atoms with E-state index in [0.717, 1.165) is 50.3 Å². The van der Waals surface area contributed by atoms with Crippen molar-refractivity contribution < 1.29 is 9.59 Å². The number of benzene rings is 2. The minimum Gasteiger partial charge on any atom is -0.349 e. The van der Waals surface area contributed by atoms with Crippen LogP contribution in [0, 0.1) is 6.92 Å². The summed E-state index contributed by atoms with van der Waals surface area (Å²) in [5.74, 6) is -0.0128. The third-order valence-electron chi connectivity index (χ3n) is 5.52. The number of aryl methyl sites for hydroxylation is 1. The first kappa shape index (κ1) is 21.1. The van der Waals surface area contributed by atoms with Crippen molar-refractivity contribution in [1.29, 1.82) is 0 Å². The Hall–Kier alpha value is -2.66. The maximum atomic E-state index is 12.9. The van der Waals surface area contributed by atoms with Crippen molar-refractivity contribution in [3.63, 3.8) is 0 Å². The highest BCUT2D eigenvalue weighted by atomic mass is 16.2. The molecule has 1 atom stereocenters. The summed E-state index contributed by atoms with van der Waals surface area (Å²) in [6, 6.07) is 18.2. The van der Waals surface area contributed by atoms with Crippen molar-refractivity contribution >= 4 is 11.8 Å². The molecule has 0 radical (unpaired) electrons. The molecule has 1 N–H and O–H groups in total. The second-order valence-electron chi connectivity index (χ2n) is 7.83. The molecule has 3 rings (SSSR count). The molecule has 0 aliphatic carbocycles. The van der Waals surface area contributed by atoms with Crippen molar-refractivity contribution in [3.05, 3.63) is 71.3 Å². The highest BCUT2D eigenvalue weighted by Gasteiger charge is 2.24. The van der Waals surface area contributed by atoms with Gasteiger partial charge in [0.1, 0.15) is 0 Å². The zero-order chi connectivity index (χ0) is 20.6. The summed E-state index contributed by atoms with van der Waals surface area (Å²) in [5, 5.41) is 2.94. The molecule has 5 heteroatoms. The number of amides is 2. The average Bonchev–Trinajstić information content (AvgIpc) is 2.73. The van der Waals surface area contributed by atoms with E-state index in [-0.39, 0.29) is 17.9 Å². The van der Waals surface area contributed by atoms with Gasteiger partial charge in [-0.15, -0.1) is 0 Å². The molecule has 5 nitrogen and oxygen atoms in total. The zero-order valence-corrected chi connectivity index (χ0v) is 17.4. The van der Waals surface area contributed by atoms with Gasteiger partial charge in [0, 0.05) is 39.6 Å². The lowest BCUT2D eigenvalue weighted by molar-refractivity contribution is -0.133. The number of carbonyl (C=O) groups excluding carboxylic acids is 2. The molecule has 2 aromatic carbocycles. The van der Waals surface area contributed by atoms with E-state index < -0.39 is 0 Å². The molecule has 1 unspecified atom stereocenters. The summed E-state index contributed by atoms with van der Waals surface area (Å²) in [6.45, 7) is 7.82. The van der Waals surface area contributed by atoms with E-state index in [1.54, 1.807) is 0 Å². The Morgan fingerprint density at radius 2 is 1.62 bits per heavy atom. The minimum absolute atomic E-state index is 0.104. The van der Waals surface area contributed by atoms with Crippen LogP contribution in [0.2, 0.25) is 0 Å². The average molecular weight is 394 g/mol. The van der Waals surface area contributed by atoms with Crippen LogP contribution >= 0.6 is 0 Å². The van der Waals surface area contributed by atoms with E-state index >= 15 is 0 Å². The number of carbonyl (C=O) groups is 2. The highest BCUT2D eigenvalue weighted by Crippen LogP contribution is 2.19. The van der Waals surface area contributed by atoms with Crippen LogP contribution in [0.3, 0.4) is 0 Å². The molecule has 1 aliphatic rings. The lowest BCUT2D eigenvalue weighted by Gasteiger charge is -2.35. The lowest BCUT2D eigenvalue weighted by Crippen LogP contribution is -2.49. The first-order valence-corrected chi connectivity index (χ1v) is 10.4. The smallest absolute Gasteiger partial charge is 0.225 e. The van der Waals surface area contributed by atoms with Gasteiger partial charge >= 0.3 is 0 Å². The van der Waals surface area contributed by atoms with Gasteiger partial charge in [-0.25, -0.2) is 0 Å². The summed E-state index contributed by atoms with van der Waals surface area (Å²) >= 11 is 0. The van der Waals surface area contributed by atoms with Crippen LogP contribution < -0.4 is 5.32 Å². The molecule has 1 saturated heterocycles. The van der Waals surface area contributed by atoms with Gasteiger partial charge in [-0.1, -0.05) is 60.2 Å². The normalized spacial score (nSPS) is 15.7. The van der Waals surface area contributed by atoms with Crippen molar-refractivity contribution in [3.8, 4) is 0 Å². The van der Waals surface area contributed by atoms with Gasteiger partial charge in [0.2, 0.25) is 11.8 Å². The molecular weight excluding hydrogens is 362 g/mol. The molecule has 1 fully saturated rings. The van der Waals surface area contributed by atoms with E-state index in [1.807, 2.05) is 42.2 Å². The third kappa shape index (κ3) is 6.43. The van der Waals surface area contributed by atoms with Gasteiger partial charge in [0.15, 0.2) is 0 Å². The Balaban J connectivity index is 1.50. The first-order chi connectivity index (χ1) is 14.0. The van der Waals surface area contributed by atoms with Crippen LogP contribution in [0.5, 0.6) is 0 Å². The second-order valence-corrected chi connectivity index (χ2v) is 7.83. The largest absolute Gasteiger partial charge is 0.349 e. The lowest BCUT2D eigenvalue weighted by atomic mass is 10.0. The van der Waals surface area contributed by atoms with Crippen LogP contribution in [0.4, 0.5) is 0 Å². The van der Waals surface area contributed by atoms with Crippen molar-refractivity contribution in [2.24, 2.45) is 0 Å². The molecule has 154 valence electrons. The van der Waals surface area contributed by atoms with Gasteiger partial charge in [-0.05, 0) is 24.5 Å². The van der Waals surface area contributed by atoms with E-state index in [0.29, 0.717) is 6.42 Å². The van der Waals surface area contributed by atoms with Gasteiger partial charge < -0.3 is 10.2 Å². The number of nitrogens with one attached hydrogen (secondary N) is 1. The van der Waals surface area contributed by atoms with Crippen molar-refractivity contribution in [2.75, 3.05) is 32.7 Å². The molecular formula is C24H31N3O2. The fourth-order valence-corrected chi connectivity index (χ4v) is 3.75. The molecule has 2 amide bonds.